The number of hydrogen-bond donors (Lipinski definition) is 4. The van der Waals surface area contributed by atoms with Gasteiger partial charge in [-0.3, -0.25) is 39.4 Å². The SMILES string of the molecule is CCOC(=O)C(C(=O)Nc1cc(NC(=O)OC(C)CC(C)(C)OC(C)CC(C)(C)OC(=O)Nc2ccc(C)c(NC(=O)C(C(=O)OCC)C(=O)OCC)c2)ccc1C)C(=O)OCC. The third kappa shape index (κ3) is 17.6. The fraction of sp³-hybridized carbons (Fsp3) is 0.545. The molecule has 4 amide bonds. The number of esters is 4. The molecule has 2 aromatic rings. The maximum absolute atomic E-state index is 13.0. The number of rotatable bonds is 22. The smallest absolute Gasteiger partial charge is 0.412 e. The molecule has 0 aliphatic rings. The molecule has 63 heavy (non-hydrogen) atoms. The van der Waals surface area contributed by atoms with Crippen LogP contribution in [0.3, 0.4) is 0 Å². The minimum absolute atomic E-state index is 0.0479. The first-order chi connectivity index (χ1) is 29.5. The van der Waals surface area contributed by atoms with Crippen LogP contribution < -0.4 is 21.3 Å². The summed E-state index contributed by atoms with van der Waals surface area (Å²) in [6, 6.07) is 9.31. The van der Waals surface area contributed by atoms with E-state index in [1.165, 1.54) is 39.8 Å². The van der Waals surface area contributed by atoms with Crippen molar-refractivity contribution in [2.45, 2.75) is 119 Å². The van der Waals surface area contributed by atoms with Crippen molar-refractivity contribution in [1.29, 1.82) is 0 Å². The first-order valence-electron chi connectivity index (χ1n) is 20.6. The summed E-state index contributed by atoms with van der Waals surface area (Å²) < 4.78 is 37.2. The fourth-order valence-corrected chi connectivity index (χ4v) is 6.43. The Kier molecular flexibility index (Phi) is 20.5. The first-order valence-corrected chi connectivity index (χ1v) is 20.6. The molecule has 19 heteroatoms. The van der Waals surface area contributed by atoms with E-state index in [1.807, 2.05) is 20.8 Å². The van der Waals surface area contributed by atoms with Crippen LogP contribution >= 0.6 is 0 Å². The number of aryl methyl sites for hydroxylation is 2. The molecule has 2 rings (SSSR count). The summed E-state index contributed by atoms with van der Waals surface area (Å²) in [7, 11) is 0. The van der Waals surface area contributed by atoms with Crippen molar-refractivity contribution < 1.29 is 71.5 Å². The Morgan fingerprint density at radius 3 is 1.27 bits per heavy atom. The van der Waals surface area contributed by atoms with Gasteiger partial charge in [-0.2, -0.15) is 0 Å². The van der Waals surface area contributed by atoms with Gasteiger partial charge in [-0.25, -0.2) is 9.59 Å². The zero-order chi connectivity index (χ0) is 47.7. The Hall–Kier alpha value is -6.24. The summed E-state index contributed by atoms with van der Waals surface area (Å²) in [5.41, 5.74) is 0.284. The molecule has 0 radical (unpaired) electrons. The summed E-state index contributed by atoms with van der Waals surface area (Å²) in [6.07, 6.45) is -2.11. The predicted molar refractivity (Wildman–Crippen MR) is 231 cm³/mol. The van der Waals surface area contributed by atoms with Crippen LogP contribution in [0.25, 0.3) is 0 Å². The molecule has 0 aliphatic carbocycles. The standard InChI is InChI=1S/C44H62N4O15/c1-13-57-37(51)33(38(52)58-14-2)35(49)47-31-21-29(19-17-25(31)5)45-41(55)61-27(7)23-43(9,10)62-28(8)24-44(11,12)63-42(56)46-30-20-18-26(6)32(22-30)48-36(50)34(39(53)59-15-3)40(54)60-16-4/h17-22,27-28,33-34H,13-16,23-24H2,1-12H3,(H,45,55)(H,46,56)(H,47,49)(H,48,50). The van der Waals surface area contributed by atoms with Crippen molar-refractivity contribution in [3.05, 3.63) is 47.5 Å². The van der Waals surface area contributed by atoms with Crippen LogP contribution in [-0.4, -0.2) is 97.7 Å². The van der Waals surface area contributed by atoms with Crippen LogP contribution in [-0.2, 0) is 61.9 Å². The monoisotopic (exact) mass is 886 g/mol. The average Bonchev–Trinajstić information content (AvgIpc) is 3.13. The van der Waals surface area contributed by atoms with E-state index in [1.54, 1.807) is 58.9 Å². The lowest BCUT2D eigenvalue weighted by Crippen LogP contribution is -2.39. The van der Waals surface area contributed by atoms with Crippen molar-refractivity contribution in [1.82, 2.24) is 0 Å². The van der Waals surface area contributed by atoms with E-state index in [2.05, 4.69) is 21.3 Å². The van der Waals surface area contributed by atoms with Gasteiger partial charge in [0.15, 0.2) is 0 Å². The summed E-state index contributed by atoms with van der Waals surface area (Å²) in [5, 5.41) is 10.3. The lowest BCUT2D eigenvalue weighted by atomic mass is 9.98. The Balaban J connectivity index is 1.98. The molecule has 0 heterocycles. The maximum Gasteiger partial charge on any atom is 0.412 e. The van der Waals surface area contributed by atoms with Gasteiger partial charge in [0.1, 0.15) is 11.7 Å². The molecule has 0 aromatic heterocycles. The van der Waals surface area contributed by atoms with Crippen molar-refractivity contribution in [3.8, 4) is 0 Å². The number of anilines is 4. The minimum Gasteiger partial charge on any atom is -0.465 e. The molecule has 4 N–H and O–H groups in total. The quantitative estimate of drug-likeness (QED) is 0.0553. The first kappa shape index (κ1) is 52.9. The number of ether oxygens (including phenoxy) is 7. The van der Waals surface area contributed by atoms with Gasteiger partial charge in [0, 0.05) is 35.6 Å². The molecule has 348 valence electrons. The highest BCUT2D eigenvalue weighted by molar-refractivity contribution is 6.19. The van der Waals surface area contributed by atoms with Crippen molar-refractivity contribution in [2.75, 3.05) is 47.7 Å². The van der Waals surface area contributed by atoms with E-state index in [0.29, 0.717) is 11.1 Å². The van der Waals surface area contributed by atoms with Gasteiger partial charge in [-0.15, -0.1) is 0 Å². The minimum atomic E-state index is -1.85. The van der Waals surface area contributed by atoms with Crippen LogP contribution in [0.4, 0.5) is 32.3 Å². The van der Waals surface area contributed by atoms with Crippen LogP contribution in [0.5, 0.6) is 0 Å². The summed E-state index contributed by atoms with van der Waals surface area (Å²) >= 11 is 0. The highest BCUT2D eigenvalue weighted by Gasteiger charge is 2.39. The topological polar surface area (TPSA) is 249 Å². The van der Waals surface area contributed by atoms with E-state index in [0.717, 1.165) is 0 Å². The molecular formula is C44H62N4O15. The van der Waals surface area contributed by atoms with Gasteiger partial charge in [0.05, 0.1) is 38.1 Å². The third-order valence-corrected chi connectivity index (χ3v) is 8.85. The molecule has 0 saturated heterocycles. The third-order valence-electron chi connectivity index (χ3n) is 8.85. The second kappa shape index (κ2) is 24.4. The Morgan fingerprint density at radius 1 is 0.524 bits per heavy atom. The lowest BCUT2D eigenvalue weighted by Gasteiger charge is -2.34. The van der Waals surface area contributed by atoms with Crippen molar-refractivity contribution in [3.63, 3.8) is 0 Å². The molecule has 0 saturated carbocycles. The van der Waals surface area contributed by atoms with Crippen LogP contribution in [0, 0.1) is 25.7 Å². The summed E-state index contributed by atoms with van der Waals surface area (Å²) in [5.74, 6) is -9.81. The largest absolute Gasteiger partial charge is 0.465 e. The maximum atomic E-state index is 13.0. The van der Waals surface area contributed by atoms with Gasteiger partial charge in [-0.05, 0) is 118 Å². The number of nitrogens with one attached hydrogen (secondary N) is 4. The molecule has 2 unspecified atom stereocenters. The van der Waals surface area contributed by atoms with Gasteiger partial charge >= 0.3 is 36.1 Å². The normalized spacial score (nSPS) is 12.3. The van der Waals surface area contributed by atoms with Gasteiger partial charge < -0.3 is 43.8 Å². The van der Waals surface area contributed by atoms with E-state index in [-0.39, 0.29) is 62.0 Å². The van der Waals surface area contributed by atoms with E-state index >= 15 is 0 Å². The molecule has 0 spiro atoms. The Labute approximate surface area is 367 Å². The highest BCUT2D eigenvalue weighted by atomic mass is 16.6. The Morgan fingerprint density at radius 2 is 0.889 bits per heavy atom. The number of amides is 4. The van der Waals surface area contributed by atoms with Crippen molar-refractivity contribution >= 4 is 70.6 Å². The average molecular weight is 887 g/mol. The number of benzene rings is 2. The van der Waals surface area contributed by atoms with Gasteiger partial charge in [0.2, 0.25) is 23.7 Å². The lowest BCUT2D eigenvalue weighted by molar-refractivity contribution is -0.166. The van der Waals surface area contributed by atoms with Crippen molar-refractivity contribution in [2.24, 2.45) is 11.8 Å². The molecule has 2 atom stereocenters. The van der Waals surface area contributed by atoms with Crippen LogP contribution in [0.2, 0.25) is 0 Å². The second-order valence-corrected chi connectivity index (χ2v) is 15.6. The van der Waals surface area contributed by atoms with E-state index in [4.69, 9.17) is 33.2 Å². The predicted octanol–water partition coefficient (Wildman–Crippen LogP) is 6.59. The summed E-state index contributed by atoms with van der Waals surface area (Å²) in [4.78, 5) is 102. The number of hydrogen-bond acceptors (Lipinski definition) is 15. The highest BCUT2D eigenvalue weighted by Crippen LogP contribution is 2.28. The van der Waals surface area contributed by atoms with Crippen LogP contribution in [0.15, 0.2) is 36.4 Å². The second-order valence-electron chi connectivity index (χ2n) is 15.6. The van der Waals surface area contributed by atoms with Gasteiger partial charge in [0.25, 0.3) is 0 Å². The molecule has 0 bridgehead atoms. The van der Waals surface area contributed by atoms with E-state index in [9.17, 15) is 38.4 Å². The molecule has 0 aliphatic heterocycles. The molecular weight excluding hydrogens is 824 g/mol. The molecule has 2 aromatic carbocycles. The molecule has 19 nitrogen and oxygen atoms in total. The van der Waals surface area contributed by atoms with E-state index < -0.39 is 83.1 Å². The Bertz CT molecular complexity index is 1930. The van der Waals surface area contributed by atoms with Gasteiger partial charge in [-0.1, -0.05) is 12.1 Å². The molecule has 0 fully saturated rings. The zero-order valence-electron chi connectivity index (χ0n) is 38.1. The van der Waals surface area contributed by atoms with Crippen LogP contribution in [0.1, 0.15) is 93.2 Å². The number of carbonyl (C=O) groups is 8. The zero-order valence-corrected chi connectivity index (χ0v) is 38.1. The fourth-order valence-electron chi connectivity index (χ4n) is 6.43. The number of carbonyl (C=O) groups excluding carboxylic acids is 8. The summed E-state index contributed by atoms with van der Waals surface area (Å²) in [6.45, 7) is 19.9.